The third kappa shape index (κ3) is 3.44. The number of hydrogen-bond donors (Lipinski definition) is 1. The van der Waals surface area contributed by atoms with Crippen molar-refractivity contribution in [2.75, 3.05) is 5.88 Å². The number of carbonyl (C=O) groups is 2. The molecule has 0 radical (unpaired) electrons. The van der Waals surface area contributed by atoms with Gasteiger partial charge in [0.1, 0.15) is 0 Å². The predicted molar refractivity (Wildman–Crippen MR) is 67.4 cm³/mol. The number of alkyl halides is 3. The van der Waals surface area contributed by atoms with Gasteiger partial charge in [0, 0.05) is 11.8 Å². The predicted octanol–water partition coefficient (Wildman–Crippen LogP) is 2.26. The minimum absolute atomic E-state index is 0.295. The lowest BCUT2D eigenvalue weighted by atomic mass is 10.1. The molecule has 1 fully saturated rings. The molecule has 7 heteroatoms. The van der Waals surface area contributed by atoms with Crippen molar-refractivity contribution in [3.05, 3.63) is 0 Å². The highest BCUT2D eigenvalue weighted by atomic mass is 35.5. The number of esters is 1. The smallest absolute Gasteiger partial charge is 0.387 e. The van der Waals surface area contributed by atoms with Gasteiger partial charge in [-0.2, -0.15) is 0 Å². The molecule has 2 atom stereocenters. The molecule has 0 aromatic rings. The lowest BCUT2D eigenvalue weighted by Crippen LogP contribution is -2.23. The maximum Gasteiger partial charge on any atom is 0.387 e. The molecule has 1 saturated carbocycles. The van der Waals surface area contributed by atoms with E-state index in [1.807, 2.05) is 0 Å². The molecule has 2 unspecified atom stereocenters. The molecule has 4 nitrogen and oxygen atoms in total. The Morgan fingerprint density at radius 3 is 2.39 bits per heavy atom. The number of halogens is 3. The molecule has 18 heavy (non-hydrogen) atoms. The first-order valence-corrected chi connectivity index (χ1v) is 6.32. The Balaban J connectivity index is 2.63. The number of carbonyl (C=O) groups excluding carboxylic acids is 1. The second-order valence-corrected chi connectivity index (χ2v) is 6.23. The summed E-state index contributed by atoms with van der Waals surface area (Å²) in [6, 6.07) is 0. The van der Waals surface area contributed by atoms with Crippen LogP contribution in [-0.4, -0.2) is 27.4 Å². The molecular weight excluding hydrogens is 302 g/mol. The van der Waals surface area contributed by atoms with E-state index in [1.165, 1.54) is 0 Å². The number of hydrogen-bond acceptors (Lipinski definition) is 3. The van der Waals surface area contributed by atoms with Crippen molar-refractivity contribution in [2.24, 2.45) is 17.3 Å². The summed E-state index contributed by atoms with van der Waals surface area (Å²) >= 11 is 16.4. The quantitative estimate of drug-likeness (QED) is 0.376. The summed E-state index contributed by atoms with van der Waals surface area (Å²) in [7, 11) is 0. The van der Waals surface area contributed by atoms with Crippen LogP contribution < -0.4 is 0 Å². The van der Waals surface area contributed by atoms with Crippen molar-refractivity contribution in [3.8, 4) is 11.8 Å². The standard InChI is InChI=1S/C11H11Cl3O4/c1-10(2)6(8(10)9(16)17)3-4-7(15)18-11(13,14)5-12/h6,8H,5H2,1-2H3,(H,16,17). The second kappa shape index (κ2) is 5.16. The van der Waals surface area contributed by atoms with Crippen LogP contribution in [0, 0.1) is 29.1 Å². The van der Waals surface area contributed by atoms with Crippen LogP contribution in [0.25, 0.3) is 0 Å². The Hall–Kier alpha value is -0.630. The summed E-state index contributed by atoms with van der Waals surface area (Å²) in [4.78, 5) is 22.1. The second-order valence-electron chi connectivity index (χ2n) is 4.54. The van der Waals surface area contributed by atoms with Gasteiger partial charge < -0.3 is 9.84 Å². The third-order valence-corrected chi connectivity index (χ3v) is 3.89. The van der Waals surface area contributed by atoms with Gasteiger partial charge in [-0.05, 0) is 5.41 Å². The van der Waals surface area contributed by atoms with Gasteiger partial charge in [-0.25, -0.2) is 4.79 Å². The Bertz CT molecular complexity index is 433. The van der Waals surface area contributed by atoms with Crippen LogP contribution in [0.3, 0.4) is 0 Å². The van der Waals surface area contributed by atoms with E-state index in [4.69, 9.17) is 39.9 Å². The number of rotatable bonds is 3. The molecule has 1 aliphatic rings. The molecule has 0 aliphatic heterocycles. The largest absolute Gasteiger partial charge is 0.481 e. The van der Waals surface area contributed by atoms with E-state index < -0.39 is 33.7 Å². The Morgan fingerprint density at radius 2 is 2.00 bits per heavy atom. The Morgan fingerprint density at radius 1 is 1.44 bits per heavy atom. The fraction of sp³-hybridized carbons (Fsp3) is 0.636. The summed E-state index contributed by atoms with van der Waals surface area (Å²) in [5.74, 6) is 1.60. The number of carboxylic acids is 1. The van der Waals surface area contributed by atoms with Crippen LogP contribution >= 0.6 is 34.8 Å². The van der Waals surface area contributed by atoms with Gasteiger partial charge in [-0.1, -0.05) is 43.0 Å². The number of carboxylic acid groups (broad SMARTS) is 1. The first-order valence-electron chi connectivity index (χ1n) is 5.03. The summed E-state index contributed by atoms with van der Waals surface area (Å²) < 4.78 is 2.75. The highest BCUT2D eigenvalue weighted by molar-refractivity contribution is 6.50. The van der Waals surface area contributed by atoms with Crippen LogP contribution in [0.1, 0.15) is 13.8 Å². The van der Waals surface area contributed by atoms with Gasteiger partial charge >= 0.3 is 11.9 Å². The average Bonchev–Trinajstić information content (AvgIpc) is 2.77. The topological polar surface area (TPSA) is 63.6 Å². The Labute approximate surface area is 120 Å². The van der Waals surface area contributed by atoms with Gasteiger partial charge in [0.25, 0.3) is 4.52 Å². The molecule has 0 aromatic heterocycles. The van der Waals surface area contributed by atoms with Gasteiger partial charge in [0.2, 0.25) is 0 Å². The number of ether oxygens (including phenoxy) is 1. The molecule has 0 spiro atoms. The van der Waals surface area contributed by atoms with Crippen LogP contribution in [0.4, 0.5) is 0 Å². The van der Waals surface area contributed by atoms with Crippen LogP contribution in [0.5, 0.6) is 0 Å². The maximum absolute atomic E-state index is 11.3. The molecular formula is C11H11Cl3O4. The molecule has 0 bridgehead atoms. The lowest BCUT2D eigenvalue weighted by molar-refractivity contribution is -0.140. The molecule has 1 aliphatic carbocycles. The molecule has 0 amide bonds. The third-order valence-electron chi connectivity index (χ3n) is 2.82. The van der Waals surface area contributed by atoms with Crippen LogP contribution in [-0.2, 0) is 14.3 Å². The van der Waals surface area contributed by atoms with E-state index in [2.05, 4.69) is 16.6 Å². The molecule has 1 rings (SSSR count). The summed E-state index contributed by atoms with van der Waals surface area (Å²) in [5, 5.41) is 8.91. The van der Waals surface area contributed by atoms with E-state index >= 15 is 0 Å². The zero-order valence-corrected chi connectivity index (χ0v) is 11.9. The fourth-order valence-electron chi connectivity index (χ4n) is 1.69. The highest BCUT2D eigenvalue weighted by Crippen LogP contribution is 2.57. The van der Waals surface area contributed by atoms with Crippen molar-refractivity contribution < 1.29 is 19.4 Å². The normalized spacial score (nSPS) is 24.7. The average molecular weight is 314 g/mol. The summed E-state index contributed by atoms with van der Waals surface area (Å²) in [6.45, 7) is 3.53. The lowest BCUT2D eigenvalue weighted by Gasteiger charge is -2.14. The van der Waals surface area contributed by atoms with E-state index in [-0.39, 0.29) is 5.88 Å². The fourth-order valence-corrected chi connectivity index (χ4v) is 1.89. The zero-order valence-electron chi connectivity index (χ0n) is 9.67. The zero-order chi connectivity index (χ0) is 14.1. The van der Waals surface area contributed by atoms with Crippen molar-refractivity contribution in [3.63, 3.8) is 0 Å². The first kappa shape index (κ1) is 15.4. The van der Waals surface area contributed by atoms with Crippen molar-refractivity contribution in [1.29, 1.82) is 0 Å². The molecule has 0 heterocycles. The van der Waals surface area contributed by atoms with Crippen LogP contribution in [0.15, 0.2) is 0 Å². The van der Waals surface area contributed by atoms with Crippen molar-refractivity contribution in [2.45, 2.75) is 18.4 Å². The van der Waals surface area contributed by atoms with Crippen LogP contribution in [0.2, 0.25) is 0 Å². The van der Waals surface area contributed by atoms with Gasteiger partial charge in [0.05, 0.1) is 11.8 Å². The summed E-state index contributed by atoms with van der Waals surface area (Å²) in [6.07, 6.45) is 0. The summed E-state index contributed by atoms with van der Waals surface area (Å²) in [5.41, 5.74) is -0.454. The van der Waals surface area contributed by atoms with Gasteiger partial charge in [-0.3, -0.25) is 4.79 Å². The van der Waals surface area contributed by atoms with E-state index in [9.17, 15) is 9.59 Å². The van der Waals surface area contributed by atoms with Crippen molar-refractivity contribution >= 4 is 46.7 Å². The van der Waals surface area contributed by atoms with Gasteiger partial charge in [0.15, 0.2) is 0 Å². The monoisotopic (exact) mass is 312 g/mol. The minimum atomic E-state index is -1.82. The highest BCUT2D eigenvalue weighted by Gasteiger charge is 2.61. The molecule has 1 N–H and O–H groups in total. The molecule has 0 saturated heterocycles. The van der Waals surface area contributed by atoms with Crippen molar-refractivity contribution in [1.82, 2.24) is 0 Å². The minimum Gasteiger partial charge on any atom is -0.481 e. The Kier molecular flexibility index (Phi) is 4.42. The van der Waals surface area contributed by atoms with E-state index in [1.54, 1.807) is 13.8 Å². The first-order chi connectivity index (χ1) is 8.12. The van der Waals surface area contributed by atoms with E-state index in [0.29, 0.717) is 0 Å². The SMILES string of the molecule is CC1(C)C(C#CC(=O)OC(Cl)(Cl)CCl)C1C(=O)O. The van der Waals surface area contributed by atoms with Gasteiger partial charge in [-0.15, -0.1) is 11.6 Å². The molecule has 100 valence electrons. The molecule has 0 aromatic carbocycles. The number of aliphatic carboxylic acids is 1. The maximum atomic E-state index is 11.3. The van der Waals surface area contributed by atoms with E-state index in [0.717, 1.165) is 0 Å².